The minimum Gasteiger partial charge on any atom is -0.494 e. The number of amides is 1. The van der Waals surface area contributed by atoms with E-state index in [1.54, 1.807) is 29.4 Å². The van der Waals surface area contributed by atoms with Crippen molar-refractivity contribution in [3.63, 3.8) is 0 Å². The van der Waals surface area contributed by atoms with Gasteiger partial charge in [-0.3, -0.25) is 14.8 Å². The number of pyridine rings is 2. The van der Waals surface area contributed by atoms with Gasteiger partial charge in [-0.05, 0) is 61.3 Å². The average molecular weight is 406 g/mol. The minimum absolute atomic E-state index is 0.0504. The summed E-state index contributed by atoms with van der Waals surface area (Å²) in [4.78, 5) is 23.5. The van der Waals surface area contributed by atoms with E-state index in [9.17, 15) is 9.90 Å². The molecular weight excluding hydrogens is 380 g/mol. The molecule has 1 saturated heterocycles. The number of aliphatic hydroxyl groups is 1. The van der Waals surface area contributed by atoms with E-state index in [0.717, 1.165) is 23.0 Å². The Morgan fingerprint density at radius 2 is 2.07 bits per heavy atom. The highest BCUT2D eigenvalue weighted by molar-refractivity contribution is 5.94. The van der Waals surface area contributed by atoms with Crippen LogP contribution in [0.1, 0.15) is 22.3 Å². The van der Waals surface area contributed by atoms with Crippen molar-refractivity contribution >= 4 is 16.9 Å². The van der Waals surface area contributed by atoms with Gasteiger partial charge in [0.1, 0.15) is 5.75 Å². The van der Waals surface area contributed by atoms with E-state index < -0.39 is 6.10 Å². The predicted molar refractivity (Wildman–Crippen MR) is 114 cm³/mol. The molecule has 2 atom stereocenters. The van der Waals surface area contributed by atoms with Gasteiger partial charge in [-0.1, -0.05) is 6.07 Å². The van der Waals surface area contributed by atoms with E-state index in [4.69, 9.17) is 10.5 Å². The van der Waals surface area contributed by atoms with E-state index in [2.05, 4.69) is 9.97 Å². The normalized spacial score (nSPS) is 18.7. The first kappa shape index (κ1) is 20.3. The molecule has 0 aliphatic carbocycles. The van der Waals surface area contributed by atoms with Crippen LogP contribution in [0, 0.1) is 5.92 Å². The number of hydrogen-bond donors (Lipinski definition) is 2. The Morgan fingerprint density at radius 3 is 2.93 bits per heavy atom. The molecule has 0 saturated carbocycles. The SMILES string of the molecule is NCCCOc1cccc(C(=O)N2C[C@@H](Cc3ccnc4cccnc34)[C@@H](O)C2)c1. The number of ether oxygens (including phenoxy) is 1. The van der Waals surface area contributed by atoms with Crippen LogP contribution in [0.3, 0.4) is 0 Å². The second-order valence-corrected chi connectivity index (χ2v) is 7.60. The van der Waals surface area contributed by atoms with Crippen LogP contribution in [-0.2, 0) is 6.42 Å². The molecule has 0 unspecified atom stereocenters. The third-order valence-electron chi connectivity index (χ3n) is 5.45. The molecular formula is C23H26N4O3. The molecule has 0 spiro atoms. The molecule has 1 aliphatic heterocycles. The smallest absolute Gasteiger partial charge is 0.254 e. The molecule has 156 valence electrons. The number of aliphatic hydroxyl groups excluding tert-OH is 1. The summed E-state index contributed by atoms with van der Waals surface area (Å²) in [6.07, 6.45) is 4.33. The Bertz CT molecular complexity index is 1020. The molecule has 0 bridgehead atoms. The van der Waals surface area contributed by atoms with E-state index >= 15 is 0 Å². The van der Waals surface area contributed by atoms with Crippen molar-refractivity contribution < 1.29 is 14.6 Å². The Labute approximate surface area is 175 Å². The summed E-state index contributed by atoms with van der Waals surface area (Å²) in [5, 5.41) is 10.6. The summed E-state index contributed by atoms with van der Waals surface area (Å²) < 4.78 is 5.65. The van der Waals surface area contributed by atoms with E-state index in [0.29, 0.717) is 44.0 Å². The summed E-state index contributed by atoms with van der Waals surface area (Å²) in [7, 11) is 0. The first-order chi connectivity index (χ1) is 14.7. The first-order valence-corrected chi connectivity index (χ1v) is 10.2. The lowest BCUT2D eigenvalue weighted by Gasteiger charge is -2.17. The maximum Gasteiger partial charge on any atom is 0.254 e. The third kappa shape index (κ3) is 4.42. The van der Waals surface area contributed by atoms with Crippen molar-refractivity contribution in [3.05, 3.63) is 66.0 Å². The van der Waals surface area contributed by atoms with E-state index in [-0.39, 0.29) is 11.8 Å². The number of nitrogens with two attached hydrogens (primary N) is 1. The van der Waals surface area contributed by atoms with Crippen LogP contribution < -0.4 is 10.5 Å². The van der Waals surface area contributed by atoms with E-state index in [1.807, 2.05) is 30.3 Å². The standard InChI is InChI=1S/C23H26N4O3/c24-8-3-11-30-19-5-1-4-17(13-19)23(29)27-14-18(21(28)15-27)12-16-7-10-25-20-6-2-9-26-22(16)20/h1-2,4-7,9-10,13,18,21,28H,3,8,11-12,14-15,24H2/t18-,21+/m1/s1. The summed E-state index contributed by atoms with van der Waals surface area (Å²) >= 11 is 0. The molecule has 4 rings (SSSR count). The molecule has 0 radical (unpaired) electrons. The summed E-state index contributed by atoms with van der Waals surface area (Å²) in [5.74, 6) is 0.504. The molecule has 30 heavy (non-hydrogen) atoms. The number of benzene rings is 1. The van der Waals surface area contributed by atoms with Gasteiger partial charge < -0.3 is 20.5 Å². The zero-order chi connectivity index (χ0) is 20.9. The number of aromatic nitrogens is 2. The highest BCUT2D eigenvalue weighted by Gasteiger charge is 2.34. The van der Waals surface area contributed by atoms with Crippen molar-refractivity contribution in [3.8, 4) is 5.75 Å². The Kier molecular flexibility index (Phi) is 6.21. The van der Waals surface area contributed by atoms with Gasteiger partial charge >= 0.3 is 0 Å². The monoisotopic (exact) mass is 406 g/mol. The van der Waals surface area contributed by atoms with E-state index in [1.165, 1.54) is 0 Å². The largest absolute Gasteiger partial charge is 0.494 e. The fraction of sp³-hybridized carbons (Fsp3) is 0.348. The maximum atomic E-state index is 13.0. The fourth-order valence-electron chi connectivity index (χ4n) is 3.88. The number of β-amino-alcohol motifs (C(OH)–C–C–N with tert-alkyl or cyclic N) is 1. The second kappa shape index (κ2) is 9.19. The number of rotatable bonds is 7. The van der Waals surface area contributed by atoms with Crippen LogP contribution in [0.4, 0.5) is 0 Å². The molecule has 3 aromatic rings. The fourth-order valence-corrected chi connectivity index (χ4v) is 3.88. The Hall–Kier alpha value is -3.03. The molecule has 7 heteroatoms. The number of likely N-dealkylation sites (tertiary alicyclic amines) is 1. The number of nitrogens with zero attached hydrogens (tertiary/aromatic N) is 3. The van der Waals surface area contributed by atoms with Gasteiger partial charge in [-0.2, -0.15) is 0 Å². The van der Waals surface area contributed by atoms with Crippen LogP contribution in [0.5, 0.6) is 5.75 Å². The van der Waals surface area contributed by atoms with Crippen LogP contribution in [-0.4, -0.2) is 58.2 Å². The maximum absolute atomic E-state index is 13.0. The van der Waals surface area contributed by atoms with Crippen LogP contribution in [0.2, 0.25) is 0 Å². The van der Waals surface area contributed by atoms with Crippen LogP contribution in [0.25, 0.3) is 11.0 Å². The average Bonchev–Trinajstić information content (AvgIpc) is 3.14. The van der Waals surface area contributed by atoms with Gasteiger partial charge in [0.2, 0.25) is 0 Å². The number of carbonyl (C=O) groups excluding carboxylic acids is 1. The molecule has 1 aromatic carbocycles. The van der Waals surface area contributed by atoms with Crippen molar-refractivity contribution in [1.82, 2.24) is 14.9 Å². The second-order valence-electron chi connectivity index (χ2n) is 7.60. The number of fused-ring (bicyclic) bond motifs is 1. The van der Waals surface area contributed by atoms with Gasteiger partial charge in [0.15, 0.2) is 0 Å². The first-order valence-electron chi connectivity index (χ1n) is 10.2. The lowest BCUT2D eigenvalue weighted by atomic mass is 9.96. The molecule has 7 nitrogen and oxygen atoms in total. The lowest BCUT2D eigenvalue weighted by molar-refractivity contribution is 0.0764. The molecule has 3 N–H and O–H groups in total. The highest BCUT2D eigenvalue weighted by atomic mass is 16.5. The molecule has 1 fully saturated rings. The summed E-state index contributed by atoms with van der Waals surface area (Å²) in [5.41, 5.74) is 8.77. The number of carbonyl (C=O) groups is 1. The van der Waals surface area contributed by atoms with Crippen LogP contribution in [0.15, 0.2) is 54.9 Å². The predicted octanol–water partition coefficient (Wildman–Crippen LogP) is 2.03. The number of hydrogen-bond acceptors (Lipinski definition) is 6. The third-order valence-corrected chi connectivity index (χ3v) is 5.45. The quantitative estimate of drug-likeness (QED) is 0.582. The Morgan fingerprint density at radius 1 is 1.17 bits per heavy atom. The van der Waals surface area contributed by atoms with Gasteiger partial charge in [-0.25, -0.2) is 0 Å². The molecule has 1 aliphatic rings. The minimum atomic E-state index is -0.579. The van der Waals surface area contributed by atoms with Gasteiger partial charge in [0.25, 0.3) is 5.91 Å². The lowest BCUT2D eigenvalue weighted by Crippen LogP contribution is -2.29. The molecule has 1 amide bonds. The Balaban J connectivity index is 1.45. The van der Waals surface area contributed by atoms with Crippen LogP contribution >= 0.6 is 0 Å². The van der Waals surface area contributed by atoms with Gasteiger partial charge in [0.05, 0.1) is 23.7 Å². The van der Waals surface area contributed by atoms with Crippen molar-refractivity contribution in [1.29, 1.82) is 0 Å². The summed E-state index contributed by atoms with van der Waals surface area (Å²) in [6, 6.07) is 12.9. The molecule has 3 heterocycles. The zero-order valence-electron chi connectivity index (χ0n) is 16.8. The van der Waals surface area contributed by atoms with Crippen molar-refractivity contribution in [2.24, 2.45) is 11.7 Å². The van der Waals surface area contributed by atoms with Crippen molar-refractivity contribution in [2.75, 3.05) is 26.2 Å². The highest BCUT2D eigenvalue weighted by Crippen LogP contribution is 2.26. The van der Waals surface area contributed by atoms with Gasteiger partial charge in [0, 0.05) is 37.0 Å². The topological polar surface area (TPSA) is 102 Å². The zero-order valence-corrected chi connectivity index (χ0v) is 16.8. The molecule has 2 aromatic heterocycles. The summed E-state index contributed by atoms with van der Waals surface area (Å²) in [6.45, 7) is 1.90. The van der Waals surface area contributed by atoms with Crippen molar-refractivity contribution in [2.45, 2.75) is 18.9 Å². The van der Waals surface area contributed by atoms with Gasteiger partial charge in [-0.15, -0.1) is 0 Å².